The van der Waals surface area contributed by atoms with E-state index in [1.54, 1.807) is 8.61 Å². The van der Waals surface area contributed by atoms with Crippen molar-refractivity contribution in [2.45, 2.75) is 45.1 Å². The van der Waals surface area contributed by atoms with E-state index in [0.717, 1.165) is 19.3 Å². The predicted molar refractivity (Wildman–Crippen MR) is 79.5 cm³/mol. The van der Waals surface area contributed by atoms with Gasteiger partial charge in [0.1, 0.15) is 0 Å². The number of halogens is 1. The summed E-state index contributed by atoms with van der Waals surface area (Å²) in [5.41, 5.74) is 5.72. The third-order valence-electron chi connectivity index (χ3n) is 3.98. The molecule has 1 atom stereocenters. The third-order valence-corrected chi connectivity index (χ3v) is 6.11. The molecule has 114 valence electrons. The summed E-state index contributed by atoms with van der Waals surface area (Å²) in [4.78, 5) is 0. The van der Waals surface area contributed by atoms with Crippen molar-refractivity contribution in [2.24, 2.45) is 11.7 Å². The molecule has 1 saturated carbocycles. The number of hydrogen-bond acceptors (Lipinski definition) is 3. The van der Waals surface area contributed by atoms with Gasteiger partial charge in [-0.1, -0.05) is 13.3 Å². The molecule has 1 aliphatic heterocycles. The van der Waals surface area contributed by atoms with Gasteiger partial charge in [0.05, 0.1) is 0 Å². The van der Waals surface area contributed by atoms with Crippen molar-refractivity contribution in [1.82, 2.24) is 8.61 Å². The Bertz CT molecular complexity index is 373. The van der Waals surface area contributed by atoms with Crippen LogP contribution in [0.3, 0.4) is 0 Å². The fourth-order valence-corrected chi connectivity index (χ4v) is 4.59. The van der Waals surface area contributed by atoms with Crippen LogP contribution in [0.2, 0.25) is 0 Å². The van der Waals surface area contributed by atoms with E-state index >= 15 is 0 Å². The Morgan fingerprint density at radius 3 is 2.47 bits per heavy atom. The second kappa shape index (κ2) is 7.22. The fraction of sp³-hybridized carbons (Fsp3) is 1.00. The molecule has 0 spiro atoms. The highest BCUT2D eigenvalue weighted by molar-refractivity contribution is 7.86. The van der Waals surface area contributed by atoms with E-state index in [1.807, 2.05) is 6.92 Å². The van der Waals surface area contributed by atoms with Crippen LogP contribution in [0.15, 0.2) is 0 Å². The molecule has 2 fully saturated rings. The first kappa shape index (κ1) is 17.2. The van der Waals surface area contributed by atoms with Crippen molar-refractivity contribution < 1.29 is 8.42 Å². The maximum absolute atomic E-state index is 12.6. The smallest absolute Gasteiger partial charge is 0.282 e. The minimum atomic E-state index is -3.30. The maximum Gasteiger partial charge on any atom is 0.282 e. The zero-order chi connectivity index (χ0) is 13.2. The first-order valence-electron chi connectivity index (χ1n) is 7.06. The molecule has 0 amide bonds. The Morgan fingerprint density at radius 1 is 1.26 bits per heavy atom. The topological polar surface area (TPSA) is 66.6 Å². The molecule has 0 aromatic heterocycles. The SMILES string of the molecule is CCN(CC1CC1)S(=O)(=O)N1CCCCC1CN.Cl. The molecular formula is C12H26ClN3O2S. The molecule has 0 bridgehead atoms. The van der Waals surface area contributed by atoms with Gasteiger partial charge in [-0.3, -0.25) is 0 Å². The zero-order valence-corrected chi connectivity index (χ0v) is 13.3. The molecule has 1 unspecified atom stereocenters. The molecule has 0 radical (unpaired) electrons. The third kappa shape index (κ3) is 4.04. The van der Waals surface area contributed by atoms with Crippen LogP contribution in [0.5, 0.6) is 0 Å². The summed E-state index contributed by atoms with van der Waals surface area (Å²) in [6.07, 6.45) is 5.29. The van der Waals surface area contributed by atoms with Crippen LogP contribution in [0.1, 0.15) is 39.0 Å². The standard InChI is InChI=1S/C12H25N3O2S.ClH/c1-2-14(10-11-6-7-11)18(16,17)15-8-4-3-5-12(15)9-13;/h11-12H,2-10,13H2,1H3;1H. The number of nitrogens with zero attached hydrogens (tertiary/aromatic N) is 2. The summed E-state index contributed by atoms with van der Waals surface area (Å²) in [6.45, 7) is 4.23. The van der Waals surface area contributed by atoms with Gasteiger partial charge in [-0.2, -0.15) is 17.0 Å². The maximum atomic E-state index is 12.6. The van der Waals surface area contributed by atoms with Gasteiger partial charge < -0.3 is 5.73 Å². The summed E-state index contributed by atoms with van der Waals surface area (Å²) in [7, 11) is -3.30. The van der Waals surface area contributed by atoms with E-state index in [4.69, 9.17) is 5.73 Å². The number of rotatable bonds is 6. The molecule has 1 saturated heterocycles. The Labute approximate surface area is 123 Å². The minimum Gasteiger partial charge on any atom is -0.329 e. The van der Waals surface area contributed by atoms with Gasteiger partial charge in [0.15, 0.2) is 0 Å². The van der Waals surface area contributed by atoms with E-state index in [2.05, 4.69) is 0 Å². The average molecular weight is 312 g/mol. The highest BCUT2D eigenvalue weighted by Crippen LogP contribution is 2.31. The monoisotopic (exact) mass is 311 g/mol. The lowest BCUT2D eigenvalue weighted by molar-refractivity contribution is 0.235. The van der Waals surface area contributed by atoms with Crippen molar-refractivity contribution in [3.63, 3.8) is 0 Å². The van der Waals surface area contributed by atoms with E-state index in [9.17, 15) is 8.42 Å². The van der Waals surface area contributed by atoms with E-state index in [-0.39, 0.29) is 18.4 Å². The lowest BCUT2D eigenvalue weighted by Gasteiger charge is -2.37. The van der Waals surface area contributed by atoms with E-state index in [0.29, 0.717) is 32.1 Å². The van der Waals surface area contributed by atoms with Crippen LogP contribution < -0.4 is 5.73 Å². The summed E-state index contributed by atoms with van der Waals surface area (Å²) in [6, 6.07) is -0.00277. The van der Waals surface area contributed by atoms with Gasteiger partial charge >= 0.3 is 0 Å². The fourth-order valence-electron chi connectivity index (χ4n) is 2.64. The molecule has 1 heterocycles. The van der Waals surface area contributed by atoms with Gasteiger partial charge in [-0.05, 0) is 31.6 Å². The quantitative estimate of drug-likeness (QED) is 0.801. The Morgan fingerprint density at radius 2 is 1.95 bits per heavy atom. The summed E-state index contributed by atoms with van der Waals surface area (Å²) >= 11 is 0. The van der Waals surface area contributed by atoms with Gasteiger partial charge in [0.2, 0.25) is 0 Å². The first-order chi connectivity index (χ1) is 8.59. The summed E-state index contributed by atoms with van der Waals surface area (Å²) in [5.74, 6) is 0.584. The molecule has 1 aliphatic carbocycles. The second-order valence-electron chi connectivity index (χ2n) is 5.40. The lowest BCUT2D eigenvalue weighted by Crippen LogP contribution is -2.53. The van der Waals surface area contributed by atoms with Gasteiger partial charge in [-0.15, -0.1) is 12.4 Å². The van der Waals surface area contributed by atoms with Crippen molar-refractivity contribution in [3.05, 3.63) is 0 Å². The number of piperidine rings is 1. The van der Waals surface area contributed by atoms with Crippen molar-refractivity contribution in [2.75, 3.05) is 26.2 Å². The Hall–Kier alpha value is 0.120. The van der Waals surface area contributed by atoms with Crippen molar-refractivity contribution in [1.29, 1.82) is 0 Å². The molecule has 0 aromatic carbocycles. The van der Waals surface area contributed by atoms with Crippen LogP contribution in [0.4, 0.5) is 0 Å². The summed E-state index contributed by atoms with van der Waals surface area (Å²) < 4.78 is 28.6. The van der Waals surface area contributed by atoms with Crippen LogP contribution in [0, 0.1) is 5.92 Å². The average Bonchev–Trinajstić information content (AvgIpc) is 3.19. The lowest BCUT2D eigenvalue weighted by atomic mass is 10.1. The highest BCUT2D eigenvalue weighted by Gasteiger charge is 2.37. The van der Waals surface area contributed by atoms with Crippen molar-refractivity contribution in [3.8, 4) is 0 Å². The first-order valence-corrected chi connectivity index (χ1v) is 8.46. The molecule has 19 heavy (non-hydrogen) atoms. The molecule has 2 aliphatic rings. The summed E-state index contributed by atoms with van der Waals surface area (Å²) in [5, 5.41) is 0. The number of nitrogens with two attached hydrogens (primary N) is 1. The highest BCUT2D eigenvalue weighted by atomic mass is 35.5. The van der Waals surface area contributed by atoms with Gasteiger partial charge in [0, 0.05) is 32.2 Å². The Balaban J connectivity index is 0.00000180. The van der Waals surface area contributed by atoms with Crippen LogP contribution >= 0.6 is 12.4 Å². The Kier molecular flexibility index (Phi) is 6.53. The predicted octanol–water partition coefficient (Wildman–Crippen LogP) is 1.20. The van der Waals surface area contributed by atoms with E-state index < -0.39 is 10.2 Å². The zero-order valence-electron chi connectivity index (χ0n) is 11.6. The van der Waals surface area contributed by atoms with Crippen molar-refractivity contribution >= 4 is 22.6 Å². The van der Waals surface area contributed by atoms with Gasteiger partial charge in [-0.25, -0.2) is 0 Å². The normalized spacial score (nSPS) is 25.3. The number of hydrogen-bond donors (Lipinski definition) is 1. The van der Waals surface area contributed by atoms with Gasteiger partial charge in [0.25, 0.3) is 10.2 Å². The van der Waals surface area contributed by atoms with E-state index in [1.165, 1.54) is 12.8 Å². The molecular weight excluding hydrogens is 286 g/mol. The van der Waals surface area contributed by atoms with Crippen LogP contribution in [0.25, 0.3) is 0 Å². The molecule has 7 heteroatoms. The van der Waals surface area contributed by atoms with Crippen LogP contribution in [-0.4, -0.2) is 49.2 Å². The molecule has 5 nitrogen and oxygen atoms in total. The molecule has 0 aromatic rings. The molecule has 2 rings (SSSR count). The second-order valence-corrected chi connectivity index (χ2v) is 7.28. The van der Waals surface area contributed by atoms with Crippen LogP contribution in [-0.2, 0) is 10.2 Å². The largest absolute Gasteiger partial charge is 0.329 e. The molecule has 2 N–H and O–H groups in total. The minimum absolute atomic E-state index is 0.